The molecular weight excluding hydrogens is 260 g/mol. The zero-order valence-electron chi connectivity index (χ0n) is 13.3. The van der Waals surface area contributed by atoms with E-state index in [1.165, 1.54) is 18.4 Å². The molecule has 1 heterocycles. The van der Waals surface area contributed by atoms with E-state index < -0.39 is 0 Å². The standard InChI is InChI=1S/C18H28N2O/c1-3-5-10-15(8-4-2)20-18(21)17-16-11-7-6-9-14(16)12-13-19-17/h6-7,9,11,15,17,19H,3-5,8,10,12-13H2,1-2H3,(H,20,21). The topological polar surface area (TPSA) is 41.1 Å². The monoisotopic (exact) mass is 288 g/mol. The lowest BCUT2D eigenvalue weighted by Gasteiger charge is -2.28. The molecule has 1 amide bonds. The summed E-state index contributed by atoms with van der Waals surface area (Å²) < 4.78 is 0. The molecule has 0 radical (unpaired) electrons. The maximum atomic E-state index is 12.6. The van der Waals surface area contributed by atoms with E-state index in [0.29, 0.717) is 6.04 Å². The Balaban J connectivity index is 2.02. The van der Waals surface area contributed by atoms with E-state index in [0.717, 1.165) is 37.8 Å². The Morgan fingerprint density at radius 2 is 2.10 bits per heavy atom. The fraction of sp³-hybridized carbons (Fsp3) is 0.611. The fourth-order valence-electron chi connectivity index (χ4n) is 3.11. The van der Waals surface area contributed by atoms with E-state index in [2.05, 4.69) is 42.7 Å². The highest BCUT2D eigenvalue weighted by Gasteiger charge is 2.26. The summed E-state index contributed by atoms with van der Waals surface area (Å²) in [5.41, 5.74) is 2.45. The first kappa shape index (κ1) is 16.0. The van der Waals surface area contributed by atoms with Gasteiger partial charge in [0.25, 0.3) is 0 Å². The zero-order valence-corrected chi connectivity index (χ0v) is 13.3. The van der Waals surface area contributed by atoms with Crippen LogP contribution in [0.5, 0.6) is 0 Å². The van der Waals surface area contributed by atoms with Gasteiger partial charge < -0.3 is 10.6 Å². The Kier molecular flexibility index (Phi) is 6.24. The van der Waals surface area contributed by atoms with Crippen molar-refractivity contribution in [1.82, 2.24) is 10.6 Å². The van der Waals surface area contributed by atoms with Gasteiger partial charge in [0, 0.05) is 12.6 Å². The van der Waals surface area contributed by atoms with Gasteiger partial charge in [-0.25, -0.2) is 0 Å². The Morgan fingerprint density at radius 3 is 2.86 bits per heavy atom. The molecule has 2 rings (SSSR count). The summed E-state index contributed by atoms with van der Waals surface area (Å²) in [4.78, 5) is 12.6. The van der Waals surface area contributed by atoms with Gasteiger partial charge in [-0.2, -0.15) is 0 Å². The molecule has 1 aromatic rings. The summed E-state index contributed by atoms with van der Waals surface area (Å²) >= 11 is 0. The van der Waals surface area contributed by atoms with Crippen LogP contribution in [0.3, 0.4) is 0 Å². The average molecular weight is 288 g/mol. The van der Waals surface area contributed by atoms with Gasteiger partial charge in [-0.15, -0.1) is 0 Å². The first-order valence-electron chi connectivity index (χ1n) is 8.37. The first-order valence-corrected chi connectivity index (χ1v) is 8.37. The Bertz CT molecular complexity index is 458. The summed E-state index contributed by atoms with van der Waals surface area (Å²) in [6.07, 6.45) is 6.64. The van der Waals surface area contributed by atoms with Gasteiger partial charge in [-0.05, 0) is 30.4 Å². The number of nitrogens with one attached hydrogen (secondary N) is 2. The molecule has 1 aliphatic rings. The maximum absolute atomic E-state index is 12.6. The number of carbonyl (C=O) groups excluding carboxylic acids is 1. The number of rotatable bonds is 7. The molecule has 0 spiro atoms. The molecule has 116 valence electrons. The average Bonchev–Trinajstić information content (AvgIpc) is 2.52. The van der Waals surface area contributed by atoms with Crippen LogP contribution in [-0.4, -0.2) is 18.5 Å². The van der Waals surface area contributed by atoms with Gasteiger partial charge in [0.2, 0.25) is 5.91 Å². The van der Waals surface area contributed by atoms with Crippen LogP contribution in [0, 0.1) is 0 Å². The summed E-state index contributed by atoms with van der Waals surface area (Å²) in [7, 11) is 0. The molecule has 0 saturated heterocycles. The van der Waals surface area contributed by atoms with Gasteiger partial charge in [-0.1, -0.05) is 57.4 Å². The Hall–Kier alpha value is -1.35. The van der Waals surface area contributed by atoms with Crippen molar-refractivity contribution in [2.24, 2.45) is 0 Å². The van der Waals surface area contributed by atoms with Crippen molar-refractivity contribution in [2.75, 3.05) is 6.54 Å². The van der Waals surface area contributed by atoms with Crippen molar-refractivity contribution in [3.05, 3.63) is 35.4 Å². The maximum Gasteiger partial charge on any atom is 0.241 e. The second-order valence-electron chi connectivity index (χ2n) is 5.97. The van der Waals surface area contributed by atoms with Crippen LogP contribution in [0.25, 0.3) is 0 Å². The van der Waals surface area contributed by atoms with Crippen molar-refractivity contribution in [3.63, 3.8) is 0 Å². The summed E-state index contributed by atoms with van der Waals surface area (Å²) in [6.45, 7) is 5.26. The quantitative estimate of drug-likeness (QED) is 0.808. The Morgan fingerprint density at radius 1 is 1.29 bits per heavy atom. The molecule has 3 nitrogen and oxygen atoms in total. The predicted molar refractivity (Wildman–Crippen MR) is 87.3 cm³/mol. The van der Waals surface area contributed by atoms with Crippen molar-refractivity contribution in [2.45, 2.75) is 64.5 Å². The van der Waals surface area contributed by atoms with Crippen LogP contribution in [0.1, 0.15) is 63.1 Å². The van der Waals surface area contributed by atoms with E-state index in [1.54, 1.807) is 0 Å². The number of amides is 1. The highest BCUT2D eigenvalue weighted by atomic mass is 16.2. The largest absolute Gasteiger partial charge is 0.352 e. The third-order valence-corrected chi connectivity index (χ3v) is 4.26. The summed E-state index contributed by atoms with van der Waals surface area (Å²) in [5, 5.41) is 6.63. The van der Waals surface area contributed by atoms with Crippen molar-refractivity contribution in [1.29, 1.82) is 0 Å². The molecule has 1 aromatic carbocycles. The lowest BCUT2D eigenvalue weighted by molar-refractivity contribution is -0.124. The lowest BCUT2D eigenvalue weighted by Crippen LogP contribution is -2.45. The van der Waals surface area contributed by atoms with E-state index in [9.17, 15) is 4.79 Å². The summed E-state index contributed by atoms with van der Waals surface area (Å²) in [6, 6.07) is 8.42. The van der Waals surface area contributed by atoms with Gasteiger partial charge in [0.15, 0.2) is 0 Å². The van der Waals surface area contributed by atoms with E-state index >= 15 is 0 Å². The molecule has 2 N–H and O–H groups in total. The second kappa shape index (κ2) is 8.18. The number of hydrogen-bond donors (Lipinski definition) is 2. The smallest absolute Gasteiger partial charge is 0.241 e. The van der Waals surface area contributed by atoms with Crippen LogP contribution < -0.4 is 10.6 Å². The third-order valence-electron chi connectivity index (χ3n) is 4.26. The molecule has 0 aromatic heterocycles. The van der Waals surface area contributed by atoms with E-state index in [1.807, 2.05) is 6.07 Å². The molecule has 2 unspecified atom stereocenters. The molecule has 0 aliphatic carbocycles. The minimum absolute atomic E-state index is 0.136. The van der Waals surface area contributed by atoms with Crippen molar-refractivity contribution in [3.8, 4) is 0 Å². The molecule has 1 aliphatic heterocycles. The molecule has 0 saturated carbocycles. The minimum atomic E-state index is -0.184. The summed E-state index contributed by atoms with van der Waals surface area (Å²) in [5.74, 6) is 0.136. The minimum Gasteiger partial charge on any atom is -0.352 e. The Labute approximate surface area is 128 Å². The lowest BCUT2D eigenvalue weighted by atomic mass is 9.93. The van der Waals surface area contributed by atoms with E-state index in [4.69, 9.17) is 0 Å². The molecule has 3 heteroatoms. The van der Waals surface area contributed by atoms with Gasteiger partial charge in [0.05, 0.1) is 0 Å². The zero-order chi connectivity index (χ0) is 15.1. The van der Waals surface area contributed by atoms with E-state index in [-0.39, 0.29) is 11.9 Å². The molecular formula is C18H28N2O. The van der Waals surface area contributed by atoms with Crippen molar-refractivity contribution >= 4 is 5.91 Å². The first-order chi connectivity index (χ1) is 10.3. The number of fused-ring (bicyclic) bond motifs is 1. The van der Waals surface area contributed by atoms with Crippen LogP contribution in [0.15, 0.2) is 24.3 Å². The normalized spacial score (nSPS) is 18.9. The molecule has 21 heavy (non-hydrogen) atoms. The van der Waals surface area contributed by atoms with Crippen LogP contribution in [0.4, 0.5) is 0 Å². The van der Waals surface area contributed by atoms with Crippen molar-refractivity contribution < 1.29 is 4.79 Å². The van der Waals surface area contributed by atoms with Crippen LogP contribution in [0.2, 0.25) is 0 Å². The van der Waals surface area contributed by atoms with Crippen LogP contribution in [-0.2, 0) is 11.2 Å². The van der Waals surface area contributed by atoms with Gasteiger partial charge >= 0.3 is 0 Å². The second-order valence-corrected chi connectivity index (χ2v) is 5.97. The SMILES string of the molecule is CCCCC(CCC)NC(=O)C1NCCc2ccccc21. The fourth-order valence-corrected chi connectivity index (χ4v) is 3.11. The molecule has 0 bridgehead atoms. The number of hydrogen-bond acceptors (Lipinski definition) is 2. The number of benzene rings is 1. The van der Waals surface area contributed by atoms with Crippen LogP contribution >= 0.6 is 0 Å². The number of unbranched alkanes of at least 4 members (excludes halogenated alkanes) is 1. The van der Waals surface area contributed by atoms with Gasteiger partial charge in [0.1, 0.15) is 6.04 Å². The van der Waals surface area contributed by atoms with Gasteiger partial charge in [-0.3, -0.25) is 4.79 Å². The molecule has 0 fully saturated rings. The highest BCUT2D eigenvalue weighted by Crippen LogP contribution is 2.23. The highest BCUT2D eigenvalue weighted by molar-refractivity contribution is 5.84. The molecule has 2 atom stereocenters. The predicted octanol–water partition coefficient (Wildman–Crippen LogP) is 3.35. The third kappa shape index (κ3) is 4.31. The number of carbonyl (C=O) groups is 1.